The number of carbonyl (C=O) groups excluding carboxylic acids is 1. The molecule has 1 aliphatic heterocycles. The zero-order chi connectivity index (χ0) is 21.8. The SMILES string of the molecule is CCOc1ccccc1NC(=O)C1=C(C)Nc2nc(SCC)nn2C1c1ccccn1. The molecule has 31 heavy (non-hydrogen) atoms. The number of benzene rings is 1. The average molecular weight is 437 g/mol. The number of hydrogen-bond donors (Lipinski definition) is 2. The lowest BCUT2D eigenvalue weighted by atomic mass is 9.98. The highest BCUT2D eigenvalue weighted by atomic mass is 32.2. The van der Waals surface area contributed by atoms with E-state index in [1.807, 2.05) is 63.2 Å². The third-order valence-corrected chi connectivity index (χ3v) is 5.47. The fraction of sp³-hybridized carbons (Fsp3) is 0.273. The number of nitrogens with one attached hydrogen (secondary N) is 2. The number of allylic oxidation sites excluding steroid dienone is 1. The molecule has 8 nitrogen and oxygen atoms in total. The van der Waals surface area contributed by atoms with E-state index in [9.17, 15) is 4.79 Å². The molecule has 160 valence electrons. The van der Waals surface area contributed by atoms with Crippen LogP contribution in [0.3, 0.4) is 0 Å². The van der Waals surface area contributed by atoms with Gasteiger partial charge in [0.15, 0.2) is 0 Å². The van der Waals surface area contributed by atoms with Crippen molar-refractivity contribution in [2.75, 3.05) is 23.0 Å². The molecule has 1 unspecified atom stereocenters. The van der Waals surface area contributed by atoms with Gasteiger partial charge in [-0.15, -0.1) is 5.10 Å². The summed E-state index contributed by atoms with van der Waals surface area (Å²) in [7, 11) is 0. The van der Waals surface area contributed by atoms with Crippen LogP contribution in [0.4, 0.5) is 11.6 Å². The minimum absolute atomic E-state index is 0.251. The van der Waals surface area contributed by atoms with E-state index in [-0.39, 0.29) is 5.91 Å². The fourth-order valence-corrected chi connectivity index (χ4v) is 4.02. The van der Waals surface area contributed by atoms with Gasteiger partial charge in [0.05, 0.1) is 23.6 Å². The Morgan fingerprint density at radius 3 is 2.77 bits per heavy atom. The Morgan fingerprint density at radius 2 is 2.03 bits per heavy atom. The summed E-state index contributed by atoms with van der Waals surface area (Å²) < 4.78 is 7.39. The van der Waals surface area contributed by atoms with Gasteiger partial charge in [0.1, 0.15) is 11.8 Å². The molecule has 0 aliphatic carbocycles. The van der Waals surface area contributed by atoms with Crippen molar-refractivity contribution in [2.24, 2.45) is 0 Å². The predicted octanol–water partition coefficient (Wildman–Crippen LogP) is 4.11. The molecule has 2 aromatic heterocycles. The largest absolute Gasteiger partial charge is 0.492 e. The molecule has 9 heteroatoms. The predicted molar refractivity (Wildman–Crippen MR) is 121 cm³/mol. The Kier molecular flexibility index (Phi) is 6.22. The molecule has 0 saturated heterocycles. The molecule has 1 amide bonds. The Bertz CT molecular complexity index is 1110. The number of aromatic nitrogens is 4. The van der Waals surface area contributed by atoms with Gasteiger partial charge in [0.25, 0.3) is 5.91 Å². The van der Waals surface area contributed by atoms with Crippen LogP contribution < -0.4 is 15.4 Å². The van der Waals surface area contributed by atoms with E-state index in [1.165, 1.54) is 0 Å². The number of nitrogens with zero attached hydrogens (tertiary/aromatic N) is 4. The van der Waals surface area contributed by atoms with Crippen molar-refractivity contribution in [1.29, 1.82) is 0 Å². The minimum Gasteiger partial charge on any atom is -0.492 e. The van der Waals surface area contributed by atoms with Crippen molar-refractivity contribution in [3.05, 3.63) is 65.6 Å². The van der Waals surface area contributed by atoms with Gasteiger partial charge in [-0.05, 0) is 43.9 Å². The lowest BCUT2D eigenvalue weighted by molar-refractivity contribution is -0.113. The first-order valence-corrected chi connectivity index (χ1v) is 11.1. The molecule has 0 saturated carbocycles. The van der Waals surface area contributed by atoms with Crippen LogP contribution in [0.15, 0.2) is 65.1 Å². The number of fused-ring (bicyclic) bond motifs is 1. The number of hydrogen-bond acceptors (Lipinski definition) is 7. The number of amides is 1. The van der Waals surface area contributed by atoms with Gasteiger partial charge >= 0.3 is 0 Å². The second-order valence-corrected chi connectivity index (χ2v) is 8.03. The van der Waals surface area contributed by atoms with Crippen LogP contribution in [0.25, 0.3) is 0 Å². The Morgan fingerprint density at radius 1 is 1.23 bits per heavy atom. The van der Waals surface area contributed by atoms with E-state index in [0.29, 0.717) is 46.1 Å². The lowest BCUT2D eigenvalue weighted by Crippen LogP contribution is -2.32. The number of pyridine rings is 1. The fourth-order valence-electron chi connectivity index (χ4n) is 3.47. The molecule has 2 N–H and O–H groups in total. The number of ether oxygens (including phenoxy) is 1. The summed E-state index contributed by atoms with van der Waals surface area (Å²) in [6.07, 6.45) is 1.71. The average Bonchev–Trinajstić information content (AvgIpc) is 3.17. The summed E-state index contributed by atoms with van der Waals surface area (Å²) >= 11 is 1.55. The Balaban J connectivity index is 1.75. The van der Waals surface area contributed by atoms with Crippen molar-refractivity contribution < 1.29 is 9.53 Å². The lowest BCUT2D eigenvalue weighted by Gasteiger charge is -2.28. The summed E-state index contributed by atoms with van der Waals surface area (Å²) in [5, 5.41) is 11.5. The van der Waals surface area contributed by atoms with Crippen LogP contribution in [0.2, 0.25) is 0 Å². The molecular formula is C22H24N6O2S. The minimum atomic E-state index is -0.504. The summed E-state index contributed by atoms with van der Waals surface area (Å²) in [5.41, 5.74) is 2.55. The van der Waals surface area contributed by atoms with Crippen molar-refractivity contribution in [3.63, 3.8) is 0 Å². The van der Waals surface area contributed by atoms with Crippen LogP contribution in [0, 0.1) is 0 Å². The second-order valence-electron chi connectivity index (χ2n) is 6.80. The van der Waals surface area contributed by atoms with E-state index in [2.05, 4.69) is 25.7 Å². The highest BCUT2D eigenvalue weighted by Crippen LogP contribution is 2.36. The Labute approximate surface area is 185 Å². The zero-order valence-electron chi connectivity index (χ0n) is 17.6. The van der Waals surface area contributed by atoms with Crippen molar-refractivity contribution in [1.82, 2.24) is 19.7 Å². The number of carbonyl (C=O) groups is 1. The normalized spacial score (nSPS) is 15.3. The summed E-state index contributed by atoms with van der Waals surface area (Å²) in [6, 6.07) is 12.5. The molecule has 0 spiro atoms. The molecule has 3 aromatic rings. The highest BCUT2D eigenvalue weighted by molar-refractivity contribution is 7.99. The maximum atomic E-state index is 13.5. The quantitative estimate of drug-likeness (QED) is 0.538. The van der Waals surface area contributed by atoms with Crippen molar-refractivity contribution >= 4 is 29.3 Å². The molecule has 1 aromatic carbocycles. The van der Waals surface area contributed by atoms with Gasteiger partial charge in [-0.1, -0.05) is 36.9 Å². The van der Waals surface area contributed by atoms with Gasteiger partial charge in [-0.25, -0.2) is 4.68 Å². The topological polar surface area (TPSA) is 94.0 Å². The molecule has 4 rings (SSSR count). The first-order chi connectivity index (χ1) is 15.1. The molecule has 1 aliphatic rings. The molecular weight excluding hydrogens is 412 g/mol. The van der Waals surface area contributed by atoms with E-state index in [0.717, 1.165) is 5.75 Å². The third-order valence-electron chi connectivity index (χ3n) is 4.75. The van der Waals surface area contributed by atoms with E-state index in [1.54, 1.807) is 22.6 Å². The van der Waals surface area contributed by atoms with Crippen LogP contribution >= 0.6 is 11.8 Å². The molecule has 1 atom stereocenters. The van der Waals surface area contributed by atoms with E-state index >= 15 is 0 Å². The zero-order valence-corrected chi connectivity index (χ0v) is 18.4. The monoisotopic (exact) mass is 436 g/mol. The molecule has 3 heterocycles. The first kappa shape index (κ1) is 20.9. The third kappa shape index (κ3) is 4.27. The number of rotatable bonds is 7. The number of para-hydroxylation sites is 2. The summed E-state index contributed by atoms with van der Waals surface area (Å²) in [4.78, 5) is 22.6. The van der Waals surface area contributed by atoms with Crippen LogP contribution in [-0.2, 0) is 4.79 Å². The number of anilines is 2. The van der Waals surface area contributed by atoms with Gasteiger partial charge in [0, 0.05) is 11.9 Å². The van der Waals surface area contributed by atoms with Gasteiger partial charge in [-0.3, -0.25) is 9.78 Å². The number of thioether (sulfide) groups is 1. The molecule has 0 fully saturated rings. The maximum absolute atomic E-state index is 13.5. The van der Waals surface area contributed by atoms with Gasteiger partial charge in [-0.2, -0.15) is 4.98 Å². The van der Waals surface area contributed by atoms with Crippen molar-refractivity contribution in [3.8, 4) is 5.75 Å². The van der Waals surface area contributed by atoms with Crippen molar-refractivity contribution in [2.45, 2.75) is 32.0 Å². The molecule has 0 bridgehead atoms. The van der Waals surface area contributed by atoms with E-state index in [4.69, 9.17) is 4.74 Å². The highest BCUT2D eigenvalue weighted by Gasteiger charge is 2.35. The van der Waals surface area contributed by atoms with Gasteiger partial charge in [0.2, 0.25) is 11.1 Å². The second kappa shape index (κ2) is 9.22. The summed E-state index contributed by atoms with van der Waals surface area (Å²) in [6.45, 7) is 6.33. The van der Waals surface area contributed by atoms with Crippen LogP contribution in [0.5, 0.6) is 5.75 Å². The van der Waals surface area contributed by atoms with E-state index < -0.39 is 6.04 Å². The smallest absolute Gasteiger partial charge is 0.256 e. The van der Waals surface area contributed by atoms with Crippen LogP contribution in [0.1, 0.15) is 32.5 Å². The first-order valence-electron chi connectivity index (χ1n) is 10.1. The molecule has 0 radical (unpaired) electrons. The summed E-state index contributed by atoms with van der Waals surface area (Å²) in [5.74, 6) is 1.82. The van der Waals surface area contributed by atoms with Gasteiger partial charge < -0.3 is 15.4 Å². The Hall–Kier alpha value is -3.33. The maximum Gasteiger partial charge on any atom is 0.256 e. The van der Waals surface area contributed by atoms with Crippen LogP contribution in [-0.4, -0.2) is 38.0 Å². The standard InChI is InChI=1S/C22H24N6O2S/c1-4-30-17-12-7-6-10-15(17)25-20(29)18-14(3)24-21-26-22(31-5-2)27-28(21)19(18)16-11-8-9-13-23-16/h6-13,19H,4-5H2,1-3H3,(H,25,29)(H,24,26,27).